The smallest absolute Gasteiger partial charge is 0.248 e. The maximum Gasteiger partial charge on any atom is 0.248 e. The Morgan fingerprint density at radius 3 is 2.39 bits per heavy atom. The SMILES string of the molecule is COc1ccc(NC(=O)/C=C\c2cn(-c3ccccc3)nc2-c2ccc(F)cc2)cc1. The number of nitrogens with one attached hydrogen (secondary N) is 1. The Bertz CT molecular complexity index is 1200. The van der Waals surface area contributed by atoms with Crippen LogP contribution in [0.25, 0.3) is 23.0 Å². The van der Waals surface area contributed by atoms with Gasteiger partial charge in [-0.15, -0.1) is 0 Å². The molecule has 0 bridgehead atoms. The molecule has 0 unspecified atom stereocenters. The minimum atomic E-state index is -0.317. The van der Waals surface area contributed by atoms with Crippen LogP contribution in [-0.2, 0) is 4.79 Å². The topological polar surface area (TPSA) is 56.1 Å². The van der Waals surface area contributed by atoms with Crippen molar-refractivity contribution in [2.75, 3.05) is 12.4 Å². The lowest BCUT2D eigenvalue weighted by Crippen LogP contribution is -2.07. The summed E-state index contributed by atoms with van der Waals surface area (Å²) in [5, 5.41) is 7.47. The predicted octanol–water partition coefficient (Wildman–Crippen LogP) is 5.34. The maximum atomic E-state index is 13.4. The third-order valence-corrected chi connectivity index (χ3v) is 4.65. The van der Waals surface area contributed by atoms with E-state index >= 15 is 0 Å². The van der Waals surface area contributed by atoms with E-state index in [9.17, 15) is 9.18 Å². The van der Waals surface area contributed by atoms with Crippen LogP contribution in [0, 0.1) is 5.82 Å². The molecule has 1 N–H and O–H groups in total. The number of aromatic nitrogens is 2. The van der Waals surface area contributed by atoms with Crippen molar-refractivity contribution in [2.24, 2.45) is 0 Å². The molecule has 0 aliphatic rings. The average Bonchev–Trinajstić information content (AvgIpc) is 3.24. The summed E-state index contributed by atoms with van der Waals surface area (Å²) >= 11 is 0. The second-order valence-corrected chi connectivity index (χ2v) is 6.77. The zero-order chi connectivity index (χ0) is 21.6. The minimum Gasteiger partial charge on any atom is -0.497 e. The first-order valence-electron chi connectivity index (χ1n) is 9.66. The molecule has 1 amide bonds. The Hall–Kier alpha value is -4.19. The molecule has 4 rings (SSSR count). The molecule has 4 aromatic rings. The monoisotopic (exact) mass is 413 g/mol. The molecule has 0 saturated carbocycles. The number of anilines is 1. The van der Waals surface area contributed by atoms with Gasteiger partial charge in [-0.05, 0) is 66.7 Å². The molecule has 6 heteroatoms. The highest BCUT2D eigenvalue weighted by Crippen LogP contribution is 2.25. The van der Waals surface area contributed by atoms with Gasteiger partial charge in [0.2, 0.25) is 5.91 Å². The Labute approximate surface area is 179 Å². The van der Waals surface area contributed by atoms with E-state index in [1.54, 1.807) is 54.3 Å². The van der Waals surface area contributed by atoms with Gasteiger partial charge in [-0.2, -0.15) is 5.10 Å². The first-order valence-corrected chi connectivity index (χ1v) is 9.66. The summed E-state index contributed by atoms with van der Waals surface area (Å²) in [5.74, 6) is 0.121. The van der Waals surface area contributed by atoms with Crippen molar-refractivity contribution in [2.45, 2.75) is 0 Å². The first kappa shape index (κ1) is 20.1. The molecule has 3 aromatic carbocycles. The lowest BCUT2D eigenvalue weighted by Gasteiger charge is -2.03. The maximum absolute atomic E-state index is 13.4. The van der Waals surface area contributed by atoms with Crippen LogP contribution in [0.15, 0.2) is 91.1 Å². The van der Waals surface area contributed by atoms with Crippen molar-refractivity contribution in [3.8, 4) is 22.7 Å². The Morgan fingerprint density at radius 1 is 1.00 bits per heavy atom. The summed E-state index contributed by atoms with van der Waals surface area (Å²) in [6.07, 6.45) is 4.98. The van der Waals surface area contributed by atoms with Gasteiger partial charge in [0.1, 0.15) is 11.6 Å². The summed E-state index contributed by atoms with van der Waals surface area (Å²) in [6.45, 7) is 0. The van der Waals surface area contributed by atoms with Crippen molar-refractivity contribution in [3.63, 3.8) is 0 Å². The van der Waals surface area contributed by atoms with E-state index in [-0.39, 0.29) is 11.7 Å². The van der Waals surface area contributed by atoms with E-state index in [1.165, 1.54) is 18.2 Å². The molecular weight excluding hydrogens is 393 g/mol. The Morgan fingerprint density at radius 2 is 1.71 bits per heavy atom. The molecule has 0 radical (unpaired) electrons. The van der Waals surface area contributed by atoms with Crippen LogP contribution in [-0.4, -0.2) is 22.8 Å². The number of hydrogen-bond acceptors (Lipinski definition) is 3. The lowest BCUT2D eigenvalue weighted by atomic mass is 10.1. The summed E-state index contributed by atoms with van der Waals surface area (Å²) in [4.78, 5) is 12.4. The van der Waals surface area contributed by atoms with Crippen molar-refractivity contribution in [1.82, 2.24) is 9.78 Å². The average molecular weight is 413 g/mol. The number of ether oxygens (including phenoxy) is 1. The van der Waals surface area contributed by atoms with E-state index in [0.29, 0.717) is 17.1 Å². The van der Waals surface area contributed by atoms with E-state index in [4.69, 9.17) is 4.74 Å². The summed E-state index contributed by atoms with van der Waals surface area (Å²) in [6, 6.07) is 22.8. The van der Waals surface area contributed by atoms with Crippen LogP contribution in [0.3, 0.4) is 0 Å². The van der Waals surface area contributed by atoms with Gasteiger partial charge >= 0.3 is 0 Å². The fourth-order valence-electron chi connectivity index (χ4n) is 3.08. The fraction of sp³-hybridized carbons (Fsp3) is 0.0400. The number of amides is 1. The van der Waals surface area contributed by atoms with Gasteiger partial charge in [-0.25, -0.2) is 9.07 Å². The Balaban J connectivity index is 1.61. The number of benzene rings is 3. The van der Waals surface area contributed by atoms with Crippen molar-refractivity contribution >= 4 is 17.7 Å². The molecule has 0 spiro atoms. The van der Waals surface area contributed by atoms with Crippen LogP contribution >= 0.6 is 0 Å². The molecule has 0 aliphatic carbocycles. The van der Waals surface area contributed by atoms with Crippen LogP contribution in [0.1, 0.15) is 5.56 Å². The molecule has 1 heterocycles. The molecule has 154 valence electrons. The van der Waals surface area contributed by atoms with Crippen LogP contribution in [0.4, 0.5) is 10.1 Å². The molecule has 31 heavy (non-hydrogen) atoms. The second kappa shape index (κ2) is 9.09. The van der Waals surface area contributed by atoms with Crippen LogP contribution < -0.4 is 10.1 Å². The third kappa shape index (κ3) is 4.87. The number of nitrogens with zero attached hydrogens (tertiary/aromatic N) is 2. The third-order valence-electron chi connectivity index (χ3n) is 4.65. The normalized spacial score (nSPS) is 10.9. The molecule has 0 fully saturated rings. The highest BCUT2D eigenvalue weighted by Gasteiger charge is 2.11. The summed E-state index contributed by atoms with van der Waals surface area (Å²) in [7, 11) is 1.59. The minimum absolute atomic E-state index is 0.275. The number of carbonyl (C=O) groups is 1. The number of halogens is 1. The van der Waals surface area contributed by atoms with Gasteiger partial charge in [-0.3, -0.25) is 4.79 Å². The van der Waals surface area contributed by atoms with E-state index in [2.05, 4.69) is 10.4 Å². The fourth-order valence-corrected chi connectivity index (χ4v) is 3.08. The molecule has 0 atom stereocenters. The molecular formula is C25H20FN3O2. The highest BCUT2D eigenvalue weighted by molar-refractivity contribution is 6.02. The van der Waals surface area contributed by atoms with Crippen LogP contribution in [0.2, 0.25) is 0 Å². The van der Waals surface area contributed by atoms with Gasteiger partial charge < -0.3 is 10.1 Å². The number of rotatable bonds is 6. The summed E-state index contributed by atoms with van der Waals surface area (Å²) in [5.41, 5.74) is 3.69. The zero-order valence-corrected chi connectivity index (χ0v) is 16.8. The van der Waals surface area contributed by atoms with Gasteiger partial charge in [0.15, 0.2) is 0 Å². The molecule has 0 saturated heterocycles. The van der Waals surface area contributed by atoms with Crippen molar-refractivity contribution in [3.05, 3.63) is 103 Å². The number of methoxy groups -OCH3 is 1. The number of hydrogen-bond donors (Lipinski definition) is 1. The first-order chi connectivity index (χ1) is 15.1. The number of carbonyl (C=O) groups excluding carboxylic acids is 1. The van der Waals surface area contributed by atoms with Crippen molar-refractivity contribution in [1.29, 1.82) is 0 Å². The second-order valence-electron chi connectivity index (χ2n) is 6.77. The van der Waals surface area contributed by atoms with E-state index in [0.717, 1.165) is 16.8 Å². The lowest BCUT2D eigenvalue weighted by molar-refractivity contribution is -0.111. The molecule has 5 nitrogen and oxygen atoms in total. The number of para-hydroxylation sites is 1. The highest BCUT2D eigenvalue weighted by atomic mass is 19.1. The molecule has 0 aliphatic heterocycles. The van der Waals surface area contributed by atoms with Gasteiger partial charge in [0, 0.05) is 29.1 Å². The Kier molecular flexibility index (Phi) is 5.89. The largest absolute Gasteiger partial charge is 0.497 e. The zero-order valence-electron chi connectivity index (χ0n) is 16.8. The van der Waals surface area contributed by atoms with Crippen LogP contribution in [0.5, 0.6) is 5.75 Å². The van der Waals surface area contributed by atoms with E-state index in [1.807, 2.05) is 36.5 Å². The summed E-state index contributed by atoms with van der Waals surface area (Å²) < 4.78 is 20.2. The van der Waals surface area contributed by atoms with E-state index < -0.39 is 0 Å². The van der Waals surface area contributed by atoms with Gasteiger partial charge in [0.05, 0.1) is 18.5 Å². The van der Waals surface area contributed by atoms with Gasteiger partial charge in [0.25, 0.3) is 0 Å². The quantitative estimate of drug-likeness (QED) is 0.434. The predicted molar refractivity (Wildman–Crippen MR) is 120 cm³/mol. The van der Waals surface area contributed by atoms with Crippen molar-refractivity contribution < 1.29 is 13.9 Å². The van der Waals surface area contributed by atoms with Gasteiger partial charge in [-0.1, -0.05) is 18.2 Å². The standard InChI is InChI=1S/C25H20FN3O2/c1-31-23-14-12-21(13-15-23)27-24(30)16-9-19-17-29(22-5-3-2-4-6-22)28-25(19)18-7-10-20(26)11-8-18/h2-17H,1H3,(H,27,30)/b16-9-. The molecule has 1 aromatic heterocycles.